The highest BCUT2D eigenvalue weighted by Gasteiger charge is 2.65. The van der Waals surface area contributed by atoms with Crippen LogP contribution in [-0.2, 0) is 31.2 Å². The molecule has 1 saturated heterocycles. The van der Waals surface area contributed by atoms with Gasteiger partial charge < -0.3 is 9.84 Å². The van der Waals surface area contributed by atoms with Gasteiger partial charge in [0.05, 0.1) is 24.9 Å². The summed E-state index contributed by atoms with van der Waals surface area (Å²) >= 11 is 0. The molecule has 3 aromatic rings. The summed E-state index contributed by atoms with van der Waals surface area (Å²) < 4.78 is 7.89. The van der Waals surface area contributed by atoms with Gasteiger partial charge in [0.1, 0.15) is 5.75 Å². The van der Waals surface area contributed by atoms with E-state index in [0.29, 0.717) is 6.42 Å². The van der Waals surface area contributed by atoms with Crippen LogP contribution in [0.3, 0.4) is 0 Å². The summed E-state index contributed by atoms with van der Waals surface area (Å²) in [5.41, 5.74) is 6.49. The SMILES string of the molecule is COc1ccc2c(c1)[C@]13CCN(CC4CC4)[C@H](C2)[C@]1(O)Cc1c(C)nn(Cc2ccccc2)c1C3. The number of aliphatic hydroxyl groups is 1. The van der Waals surface area contributed by atoms with Crippen LogP contribution in [0.1, 0.15) is 52.9 Å². The van der Waals surface area contributed by atoms with E-state index in [-0.39, 0.29) is 11.5 Å². The molecule has 0 radical (unpaired) electrons. The summed E-state index contributed by atoms with van der Waals surface area (Å²) in [6.45, 7) is 5.09. The van der Waals surface area contributed by atoms with Gasteiger partial charge in [-0.15, -0.1) is 0 Å². The zero-order valence-corrected chi connectivity index (χ0v) is 20.8. The highest BCUT2D eigenvalue weighted by Crippen LogP contribution is 2.58. The first-order chi connectivity index (χ1) is 17.0. The number of likely N-dealkylation sites (tertiary alicyclic amines) is 1. The van der Waals surface area contributed by atoms with Crippen LogP contribution in [0, 0.1) is 12.8 Å². The lowest BCUT2D eigenvalue weighted by molar-refractivity contribution is -0.152. The minimum Gasteiger partial charge on any atom is -0.497 e. The highest BCUT2D eigenvalue weighted by atomic mass is 16.5. The molecule has 3 aliphatic carbocycles. The maximum absolute atomic E-state index is 12.8. The van der Waals surface area contributed by atoms with Gasteiger partial charge in [0.2, 0.25) is 0 Å². The maximum atomic E-state index is 12.8. The molecule has 182 valence electrons. The van der Waals surface area contributed by atoms with Gasteiger partial charge in [-0.1, -0.05) is 36.4 Å². The number of aromatic nitrogens is 2. The Hall–Kier alpha value is -2.63. The molecule has 1 aliphatic heterocycles. The van der Waals surface area contributed by atoms with Crippen molar-refractivity contribution in [1.82, 2.24) is 14.7 Å². The summed E-state index contributed by atoms with van der Waals surface area (Å²) in [5.74, 6) is 1.71. The molecule has 2 heterocycles. The van der Waals surface area contributed by atoms with Crippen LogP contribution in [0.25, 0.3) is 0 Å². The number of piperidine rings is 1. The average molecular weight is 470 g/mol. The second-order valence-electron chi connectivity index (χ2n) is 11.4. The smallest absolute Gasteiger partial charge is 0.119 e. The van der Waals surface area contributed by atoms with Gasteiger partial charge in [0, 0.05) is 36.5 Å². The second-order valence-corrected chi connectivity index (χ2v) is 11.4. The van der Waals surface area contributed by atoms with Crippen LogP contribution < -0.4 is 4.74 Å². The van der Waals surface area contributed by atoms with Crippen LogP contribution in [0.15, 0.2) is 48.5 Å². The van der Waals surface area contributed by atoms with Gasteiger partial charge in [-0.25, -0.2) is 0 Å². The molecule has 1 N–H and O–H groups in total. The Morgan fingerprint density at radius 1 is 1.11 bits per heavy atom. The third-order valence-corrected chi connectivity index (χ3v) is 9.54. The van der Waals surface area contributed by atoms with E-state index in [2.05, 4.69) is 65.0 Å². The normalized spacial score (nSPS) is 29.3. The molecule has 2 aromatic carbocycles. The number of nitrogens with zero attached hydrogens (tertiary/aromatic N) is 3. The van der Waals surface area contributed by atoms with Crippen molar-refractivity contribution < 1.29 is 9.84 Å². The van der Waals surface area contributed by atoms with E-state index in [1.807, 2.05) is 0 Å². The van der Waals surface area contributed by atoms with E-state index in [4.69, 9.17) is 9.84 Å². The Kier molecular flexibility index (Phi) is 4.75. The lowest BCUT2D eigenvalue weighted by Gasteiger charge is -2.63. The topological polar surface area (TPSA) is 50.5 Å². The number of aryl methyl sites for hydroxylation is 1. The molecule has 2 fully saturated rings. The van der Waals surface area contributed by atoms with Gasteiger partial charge in [0.25, 0.3) is 0 Å². The first-order valence-corrected chi connectivity index (χ1v) is 13.2. The van der Waals surface area contributed by atoms with E-state index in [0.717, 1.165) is 56.3 Å². The molecule has 0 amide bonds. The fourth-order valence-corrected chi connectivity index (χ4v) is 7.52. The van der Waals surface area contributed by atoms with Crippen molar-refractivity contribution in [3.8, 4) is 5.75 Å². The zero-order valence-electron chi connectivity index (χ0n) is 20.8. The molecule has 0 spiro atoms. The Labute approximate surface area is 207 Å². The van der Waals surface area contributed by atoms with Crippen LogP contribution in [0.4, 0.5) is 0 Å². The Balaban J connectivity index is 1.37. The predicted octanol–water partition coefficient (Wildman–Crippen LogP) is 4.06. The van der Waals surface area contributed by atoms with E-state index >= 15 is 0 Å². The van der Waals surface area contributed by atoms with Crippen molar-refractivity contribution in [3.05, 3.63) is 82.2 Å². The van der Waals surface area contributed by atoms with Gasteiger partial charge in [-0.3, -0.25) is 9.58 Å². The second kappa shape index (κ2) is 7.68. The molecular weight excluding hydrogens is 434 g/mol. The molecule has 5 nitrogen and oxygen atoms in total. The molecule has 2 bridgehead atoms. The van der Waals surface area contributed by atoms with E-state index in [1.165, 1.54) is 40.8 Å². The third kappa shape index (κ3) is 3.17. The summed E-state index contributed by atoms with van der Waals surface area (Å²) in [7, 11) is 1.74. The summed E-state index contributed by atoms with van der Waals surface area (Å²) in [5, 5.41) is 17.8. The molecule has 1 saturated carbocycles. The molecule has 5 heteroatoms. The molecule has 0 unspecified atom stereocenters. The number of methoxy groups -OCH3 is 1. The quantitative estimate of drug-likeness (QED) is 0.612. The number of fused-ring (bicyclic) bond motifs is 2. The fourth-order valence-electron chi connectivity index (χ4n) is 7.52. The number of benzene rings is 2. The maximum Gasteiger partial charge on any atom is 0.119 e. The molecular formula is C30H35N3O2. The first-order valence-electron chi connectivity index (χ1n) is 13.2. The van der Waals surface area contributed by atoms with Crippen molar-refractivity contribution in [2.24, 2.45) is 5.92 Å². The fraction of sp³-hybridized carbons (Fsp3) is 0.500. The van der Waals surface area contributed by atoms with Crippen molar-refractivity contribution in [3.63, 3.8) is 0 Å². The average Bonchev–Trinajstić information content (AvgIpc) is 3.64. The first kappa shape index (κ1) is 21.6. The molecule has 3 atom stereocenters. The molecule has 35 heavy (non-hydrogen) atoms. The van der Waals surface area contributed by atoms with Crippen LogP contribution in [0.2, 0.25) is 0 Å². The van der Waals surface area contributed by atoms with Crippen LogP contribution >= 0.6 is 0 Å². The van der Waals surface area contributed by atoms with Crippen molar-refractivity contribution in [2.75, 3.05) is 20.2 Å². The minimum absolute atomic E-state index is 0.155. The number of hydrogen-bond donors (Lipinski definition) is 1. The summed E-state index contributed by atoms with van der Waals surface area (Å²) in [6.07, 6.45) is 6.09. The lowest BCUT2D eigenvalue weighted by atomic mass is 9.49. The van der Waals surface area contributed by atoms with Crippen molar-refractivity contribution in [2.45, 2.75) is 69.1 Å². The van der Waals surface area contributed by atoms with Crippen molar-refractivity contribution in [1.29, 1.82) is 0 Å². The third-order valence-electron chi connectivity index (χ3n) is 9.54. The van der Waals surface area contributed by atoms with Gasteiger partial charge in [-0.2, -0.15) is 5.10 Å². The Morgan fingerprint density at radius 2 is 1.94 bits per heavy atom. The Morgan fingerprint density at radius 3 is 2.71 bits per heavy atom. The predicted molar refractivity (Wildman–Crippen MR) is 136 cm³/mol. The Bertz CT molecular complexity index is 1280. The largest absolute Gasteiger partial charge is 0.497 e. The highest BCUT2D eigenvalue weighted by molar-refractivity contribution is 5.52. The molecule has 4 aliphatic rings. The number of ether oxygens (including phenoxy) is 1. The van der Waals surface area contributed by atoms with E-state index < -0.39 is 5.60 Å². The van der Waals surface area contributed by atoms with Gasteiger partial charge in [-0.05, 0) is 79.5 Å². The van der Waals surface area contributed by atoms with Gasteiger partial charge in [0.15, 0.2) is 0 Å². The molecule has 1 aromatic heterocycles. The standard InChI is InChI=1S/C30H35N3O2/c1-20-25-16-30(34)28-14-23-10-11-24(35-2)15-26(23)29(30,12-13-32(28)18-22-8-9-22)17-27(25)33(31-20)19-21-6-4-3-5-7-21/h3-7,10-11,15,22,28,34H,8-9,12-14,16-19H2,1-2H3/t28-,29-,30-/m1/s1. The minimum atomic E-state index is -0.794. The molecule has 7 rings (SSSR count). The van der Waals surface area contributed by atoms with Crippen molar-refractivity contribution >= 4 is 0 Å². The van der Waals surface area contributed by atoms with Crippen LogP contribution in [0.5, 0.6) is 5.75 Å². The zero-order chi connectivity index (χ0) is 23.8. The van der Waals surface area contributed by atoms with Crippen LogP contribution in [-0.4, -0.2) is 51.6 Å². The lowest BCUT2D eigenvalue weighted by Crippen LogP contribution is -2.74. The van der Waals surface area contributed by atoms with Gasteiger partial charge >= 0.3 is 0 Å². The summed E-state index contributed by atoms with van der Waals surface area (Å²) in [6, 6.07) is 17.3. The van der Waals surface area contributed by atoms with E-state index in [1.54, 1.807) is 7.11 Å². The van der Waals surface area contributed by atoms with E-state index in [9.17, 15) is 5.11 Å². The monoisotopic (exact) mass is 469 g/mol. The number of hydrogen-bond acceptors (Lipinski definition) is 4. The number of rotatable bonds is 5. The summed E-state index contributed by atoms with van der Waals surface area (Å²) in [4.78, 5) is 2.64.